The van der Waals surface area contributed by atoms with E-state index in [1.807, 2.05) is 18.2 Å². The van der Waals surface area contributed by atoms with Crippen molar-refractivity contribution in [2.24, 2.45) is 0 Å². The summed E-state index contributed by atoms with van der Waals surface area (Å²) in [6.07, 6.45) is 1.81. The molecule has 0 saturated carbocycles. The largest absolute Gasteiger partial charge is 0.497 e. The van der Waals surface area contributed by atoms with Gasteiger partial charge in [0, 0.05) is 5.56 Å². The maximum Gasteiger partial charge on any atom is 0.176 e. The number of alkyl halides is 1. The number of halogens is 1. The molecule has 3 heteroatoms. The van der Waals surface area contributed by atoms with Crippen molar-refractivity contribution in [2.45, 2.75) is 17.7 Å². The van der Waals surface area contributed by atoms with Crippen LogP contribution in [0.15, 0.2) is 18.2 Å². The van der Waals surface area contributed by atoms with Gasteiger partial charge in [-0.3, -0.25) is 4.79 Å². The summed E-state index contributed by atoms with van der Waals surface area (Å²) in [6, 6.07) is 5.64. The number of aryl methyl sites for hydroxylation is 1. The standard InChI is InChI=1S/C11H11BrO2/c1-14-8-3-4-9-7(6-8)2-5-10(12)11(9)13/h3-4,6,10H,2,5H2,1H3/t10-/m0/s1. The van der Waals surface area contributed by atoms with E-state index in [0.29, 0.717) is 0 Å². The topological polar surface area (TPSA) is 26.3 Å². The van der Waals surface area contributed by atoms with Gasteiger partial charge in [-0.2, -0.15) is 0 Å². The third-order valence-electron chi connectivity index (χ3n) is 2.53. The zero-order chi connectivity index (χ0) is 10.1. The number of benzene rings is 1. The van der Waals surface area contributed by atoms with Crippen LogP contribution >= 0.6 is 15.9 Å². The summed E-state index contributed by atoms with van der Waals surface area (Å²) < 4.78 is 5.12. The van der Waals surface area contributed by atoms with Crippen LogP contribution in [-0.4, -0.2) is 17.7 Å². The van der Waals surface area contributed by atoms with Crippen LogP contribution < -0.4 is 4.74 Å². The van der Waals surface area contributed by atoms with Gasteiger partial charge >= 0.3 is 0 Å². The van der Waals surface area contributed by atoms with Crippen LogP contribution in [0.3, 0.4) is 0 Å². The Kier molecular flexibility index (Phi) is 2.59. The number of ketones is 1. The van der Waals surface area contributed by atoms with Crippen molar-refractivity contribution in [3.63, 3.8) is 0 Å². The van der Waals surface area contributed by atoms with Crippen LogP contribution in [-0.2, 0) is 6.42 Å². The molecule has 1 aromatic rings. The number of ether oxygens (including phenoxy) is 1. The van der Waals surface area contributed by atoms with Crippen molar-refractivity contribution in [2.75, 3.05) is 7.11 Å². The zero-order valence-electron chi connectivity index (χ0n) is 7.92. The molecule has 1 aliphatic carbocycles. The van der Waals surface area contributed by atoms with E-state index < -0.39 is 0 Å². The molecule has 1 aromatic carbocycles. The highest BCUT2D eigenvalue weighted by Gasteiger charge is 2.25. The van der Waals surface area contributed by atoms with Crippen LogP contribution in [0.5, 0.6) is 5.75 Å². The Labute approximate surface area is 91.4 Å². The average Bonchev–Trinajstić information content (AvgIpc) is 2.23. The van der Waals surface area contributed by atoms with Crippen molar-refractivity contribution in [3.8, 4) is 5.75 Å². The minimum absolute atomic E-state index is 0.0107. The van der Waals surface area contributed by atoms with Gasteiger partial charge in [0.05, 0.1) is 11.9 Å². The predicted octanol–water partition coefficient (Wildman–Crippen LogP) is 2.59. The maximum absolute atomic E-state index is 11.7. The Hall–Kier alpha value is -0.830. The molecule has 0 radical (unpaired) electrons. The highest BCUT2D eigenvalue weighted by Crippen LogP contribution is 2.28. The first-order chi connectivity index (χ1) is 6.72. The monoisotopic (exact) mass is 254 g/mol. The van der Waals surface area contributed by atoms with Crippen molar-refractivity contribution in [3.05, 3.63) is 29.3 Å². The van der Waals surface area contributed by atoms with Gasteiger partial charge in [-0.1, -0.05) is 15.9 Å². The van der Waals surface area contributed by atoms with E-state index >= 15 is 0 Å². The molecule has 0 N–H and O–H groups in total. The quantitative estimate of drug-likeness (QED) is 0.721. The van der Waals surface area contributed by atoms with Gasteiger partial charge in [-0.25, -0.2) is 0 Å². The summed E-state index contributed by atoms with van der Waals surface area (Å²) in [5.41, 5.74) is 1.93. The van der Waals surface area contributed by atoms with Crippen LogP contribution in [0.2, 0.25) is 0 Å². The molecule has 0 bridgehead atoms. The fraction of sp³-hybridized carbons (Fsp3) is 0.364. The van der Waals surface area contributed by atoms with E-state index in [9.17, 15) is 4.79 Å². The van der Waals surface area contributed by atoms with Crippen LogP contribution in [0.4, 0.5) is 0 Å². The molecule has 0 heterocycles. The molecule has 2 rings (SSSR count). The molecule has 0 saturated heterocycles. The smallest absolute Gasteiger partial charge is 0.176 e. The Bertz CT molecular complexity index is 374. The Morgan fingerprint density at radius 3 is 3.00 bits per heavy atom. The van der Waals surface area contributed by atoms with Gasteiger partial charge in [0.25, 0.3) is 0 Å². The molecule has 1 aliphatic rings. The zero-order valence-corrected chi connectivity index (χ0v) is 9.50. The molecule has 1 atom stereocenters. The number of fused-ring (bicyclic) bond motifs is 1. The van der Waals surface area contributed by atoms with Gasteiger partial charge in [-0.15, -0.1) is 0 Å². The molecule has 0 amide bonds. The van der Waals surface area contributed by atoms with Gasteiger partial charge < -0.3 is 4.74 Å². The molecule has 0 spiro atoms. The number of carbonyl (C=O) groups is 1. The molecule has 0 unspecified atom stereocenters. The number of rotatable bonds is 1. The first kappa shape index (κ1) is 9.71. The number of methoxy groups -OCH3 is 1. The molecule has 14 heavy (non-hydrogen) atoms. The van der Waals surface area contributed by atoms with E-state index in [2.05, 4.69) is 15.9 Å². The van der Waals surface area contributed by atoms with Gasteiger partial charge in [0.15, 0.2) is 5.78 Å². The summed E-state index contributed by atoms with van der Waals surface area (Å²) >= 11 is 3.38. The average molecular weight is 255 g/mol. The van der Waals surface area contributed by atoms with E-state index in [-0.39, 0.29) is 10.6 Å². The summed E-state index contributed by atoms with van der Waals surface area (Å²) in [7, 11) is 1.64. The molecule has 0 aliphatic heterocycles. The highest BCUT2D eigenvalue weighted by atomic mass is 79.9. The van der Waals surface area contributed by atoms with Crippen molar-refractivity contribution in [1.29, 1.82) is 0 Å². The summed E-state index contributed by atoms with van der Waals surface area (Å²) in [6.45, 7) is 0. The van der Waals surface area contributed by atoms with Gasteiger partial charge in [-0.05, 0) is 36.6 Å². The molecule has 0 fully saturated rings. The third-order valence-corrected chi connectivity index (χ3v) is 3.40. The lowest BCUT2D eigenvalue weighted by Gasteiger charge is -2.19. The third kappa shape index (κ3) is 1.57. The second-order valence-electron chi connectivity index (χ2n) is 3.39. The minimum atomic E-state index is -0.0107. The number of Topliss-reactive ketones (excluding diaryl/α,β-unsaturated/α-hetero) is 1. The van der Waals surface area contributed by atoms with Gasteiger partial charge in [0.1, 0.15) is 5.75 Å². The van der Waals surface area contributed by atoms with E-state index in [1.54, 1.807) is 7.11 Å². The second kappa shape index (κ2) is 3.73. The maximum atomic E-state index is 11.7. The molecule has 2 nitrogen and oxygen atoms in total. The van der Waals surface area contributed by atoms with Crippen molar-refractivity contribution in [1.82, 2.24) is 0 Å². The fourth-order valence-corrected chi connectivity index (χ4v) is 2.20. The highest BCUT2D eigenvalue weighted by molar-refractivity contribution is 9.10. The predicted molar refractivity (Wildman–Crippen MR) is 58.4 cm³/mol. The fourth-order valence-electron chi connectivity index (χ4n) is 1.73. The lowest BCUT2D eigenvalue weighted by atomic mass is 9.90. The second-order valence-corrected chi connectivity index (χ2v) is 4.50. The van der Waals surface area contributed by atoms with Crippen molar-refractivity contribution >= 4 is 21.7 Å². The first-order valence-electron chi connectivity index (χ1n) is 4.57. The number of hydrogen-bond acceptors (Lipinski definition) is 2. The van der Waals surface area contributed by atoms with Gasteiger partial charge in [0.2, 0.25) is 0 Å². The number of hydrogen-bond donors (Lipinski definition) is 0. The Morgan fingerprint density at radius 2 is 2.29 bits per heavy atom. The number of carbonyl (C=O) groups excluding carboxylic acids is 1. The van der Waals surface area contributed by atoms with Crippen LogP contribution in [0, 0.1) is 0 Å². The van der Waals surface area contributed by atoms with Crippen molar-refractivity contribution < 1.29 is 9.53 Å². The normalized spacial score (nSPS) is 20.4. The van der Waals surface area contributed by atoms with E-state index in [1.165, 1.54) is 0 Å². The summed E-state index contributed by atoms with van der Waals surface area (Å²) in [5.74, 6) is 1.01. The minimum Gasteiger partial charge on any atom is -0.497 e. The molecular weight excluding hydrogens is 244 g/mol. The summed E-state index contributed by atoms with van der Waals surface area (Å²) in [4.78, 5) is 11.7. The Morgan fingerprint density at radius 1 is 1.50 bits per heavy atom. The molecule has 74 valence electrons. The van der Waals surface area contributed by atoms with E-state index in [4.69, 9.17) is 4.74 Å². The van der Waals surface area contributed by atoms with Crippen LogP contribution in [0.1, 0.15) is 22.3 Å². The molecule has 0 aromatic heterocycles. The lowest BCUT2D eigenvalue weighted by Crippen LogP contribution is -2.22. The van der Waals surface area contributed by atoms with E-state index in [0.717, 1.165) is 29.7 Å². The summed E-state index contributed by atoms with van der Waals surface area (Å²) in [5, 5.41) is 0. The first-order valence-corrected chi connectivity index (χ1v) is 5.49. The SMILES string of the molecule is COc1ccc2c(c1)CC[C@H](Br)C2=O. The van der Waals surface area contributed by atoms with Crippen LogP contribution in [0.25, 0.3) is 0 Å². The molecular formula is C11H11BrO2. The Balaban J connectivity index is 2.44. The lowest BCUT2D eigenvalue weighted by molar-refractivity contribution is 0.0981.